The summed E-state index contributed by atoms with van der Waals surface area (Å²) < 4.78 is 47.4. The lowest BCUT2D eigenvalue weighted by Gasteiger charge is -2.08. The monoisotopic (exact) mass is 336 g/mol. The largest absolute Gasteiger partial charge is 0.481 e. The number of hydrogen-bond donors (Lipinski definition) is 3. The molecule has 1 aromatic rings. The van der Waals surface area contributed by atoms with Crippen LogP contribution in [0.4, 0.5) is 5.69 Å². The van der Waals surface area contributed by atoms with Crippen molar-refractivity contribution in [3.8, 4) is 0 Å². The number of carboxylic acid groups (broad SMARTS) is 1. The van der Waals surface area contributed by atoms with Crippen molar-refractivity contribution in [1.82, 2.24) is 0 Å². The van der Waals surface area contributed by atoms with Crippen LogP contribution in [0.2, 0.25) is 0 Å². The molecule has 0 bridgehead atoms. The zero-order valence-electron chi connectivity index (χ0n) is 11.0. The first-order chi connectivity index (χ1) is 9.57. The second-order valence-electron chi connectivity index (χ2n) is 4.42. The van der Waals surface area contributed by atoms with E-state index in [4.69, 9.17) is 10.2 Å². The summed E-state index contributed by atoms with van der Waals surface area (Å²) in [7, 11) is -7.27. The summed E-state index contributed by atoms with van der Waals surface area (Å²) in [5.41, 5.74) is 0.704. The second kappa shape index (κ2) is 6.87. The van der Waals surface area contributed by atoms with Crippen LogP contribution in [0, 0.1) is 0 Å². The van der Waals surface area contributed by atoms with Gasteiger partial charge in [0.05, 0.1) is 11.5 Å². The van der Waals surface area contributed by atoms with Gasteiger partial charge in [0, 0.05) is 12.1 Å². The van der Waals surface area contributed by atoms with Gasteiger partial charge in [-0.25, -0.2) is 22.0 Å². The van der Waals surface area contributed by atoms with Crippen LogP contribution < -0.4 is 9.86 Å². The molecule has 0 aliphatic heterocycles. The number of aliphatic carboxylic acids is 1. The molecule has 8 nitrogen and oxygen atoms in total. The van der Waals surface area contributed by atoms with Crippen molar-refractivity contribution in [1.29, 1.82) is 0 Å². The number of carbonyl (C=O) groups is 1. The Labute approximate surface area is 123 Å². The number of rotatable bonds is 8. The maximum Gasteiger partial charge on any atom is 0.303 e. The molecule has 1 rings (SSSR count). The SMILES string of the molecule is NS(=O)(=O)Cc1ccc(NS(=O)(=O)CCCC(=O)O)cc1. The quantitative estimate of drug-likeness (QED) is 0.613. The summed E-state index contributed by atoms with van der Waals surface area (Å²) in [5, 5.41) is 13.3. The highest BCUT2D eigenvalue weighted by Gasteiger charge is 2.12. The number of hydrogen-bond acceptors (Lipinski definition) is 5. The minimum Gasteiger partial charge on any atom is -0.481 e. The Balaban J connectivity index is 2.64. The lowest BCUT2D eigenvalue weighted by atomic mass is 10.2. The Kier molecular flexibility index (Phi) is 5.70. The molecule has 0 spiro atoms. The number of anilines is 1. The van der Waals surface area contributed by atoms with E-state index >= 15 is 0 Å². The molecule has 0 atom stereocenters. The maximum absolute atomic E-state index is 11.7. The average Bonchev–Trinajstić information content (AvgIpc) is 2.28. The molecule has 0 aliphatic carbocycles. The molecule has 0 saturated heterocycles. The molecule has 4 N–H and O–H groups in total. The molecule has 0 fully saturated rings. The standard InChI is InChI=1S/C11H16N2O6S2/c12-20(16,17)8-9-3-5-10(6-4-9)13-21(18,19)7-1-2-11(14)15/h3-6,13H,1-2,7-8H2,(H,14,15)(H2,12,16,17). The summed E-state index contributed by atoms with van der Waals surface area (Å²) in [4.78, 5) is 10.3. The summed E-state index contributed by atoms with van der Waals surface area (Å²) in [6, 6.07) is 5.71. The third-order valence-electron chi connectivity index (χ3n) is 2.40. The van der Waals surface area contributed by atoms with E-state index in [1.807, 2.05) is 0 Å². The molecule has 0 saturated carbocycles. The number of sulfonamides is 2. The number of primary sulfonamides is 1. The number of benzene rings is 1. The maximum atomic E-state index is 11.7. The molecule has 21 heavy (non-hydrogen) atoms. The van der Waals surface area contributed by atoms with Gasteiger partial charge in [0.1, 0.15) is 0 Å². The Morgan fingerprint density at radius 3 is 2.19 bits per heavy atom. The highest BCUT2D eigenvalue weighted by Crippen LogP contribution is 2.13. The normalized spacial score (nSPS) is 12.0. The van der Waals surface area contributed by atoms with Gasteiger partial charge in [-0.3, -0.25) is 9.52 Å². The number of nitrogens with two attached hydrogens (primary N) is 1. The summed E-state index contributed by atoms with van der Waals surface area (Å²) in [6.07, 6.45) is -0.220. The second-order valence-corrected chi connectivity index (χ2v) is 7.88. The lowest BCUT2D eigenvalue weighted by molar-refractivity contribution is -0.137. The minimum atomic E-state index is -3.64. The van der Waals surface area contributed by atoms with Gasteiger partial charge in [0.2, 0.25) is 20.0 Å². The zero-order valence-corrected chi connectivity index (χ0v) is 12.7. The fourth-order valence-electron chi connectivity index (χ4n) is 1.55. The Morgan fingerprint density at radius 1 is 1.14 bits per heavy atom. The first-order valence-electron chi connectivity index (χ1n) is 5.89. The predicted molar refractivity (Wildman–Crippen MR) is 77.5 cm³/mol. The van der Waals surface area contributed by atoms with Gasteiger partial charge in [0.25, 0.3) is 0 Å². The van der Waals surface area contributed by atoms with Gasteiger partial charge in [0.15, 0.2) is 0 Å². The Morgan fingerprint density at radius 2 is 1.71 bits per heavy atom. The van der Waals surface area contributed by atoms with Crippen molar-refractivity contribution < 1.29 is 26.7 Å². The molecule has 118 valence electrons. The van der Waals surface area contributed by atoms with Gasteiger partial charge >= 0.3 is 5.97 Å². The smallest absolute Gasteiger partial charge is 0.303 e. The van der Waals surface area contributed by atoms with Gasteiger partial charge in [-0.15, -0.1) is 0 Å². The fraction of sp³-hybridized carbons (Fsp3) is 0.364. The molecular weight excluding hydrogens is 320 g/mol. The zero-order chi connectivity index (χ0) is 16.1. The van der Waals surface area contributed by atoms with Crippen molar-refractivity contribution in [2.24, 2.45) is 5.14 Å². The van der Waals surface area contributed by atoms with Crippen LogP contribution in [0.15, 0.2) is 24.3 Å². The highest BCUT2D eigenvalue weighted by molar-refractivity contribution is 7.92. The average molecular weight is 336 g/mol. The molecule has 0 heterocycles. The van der Waals surface area contributed by atoms with E-state index in [0.29, 0.717) is 5.56 Å². The predicted octanol–water partition coefficient (Wildman–Crippen LogP) is 0.0816. The van der Waals surface area contributed by atoms with E-state index < -0.39 is 26.0 Å². The van der Waals surface area contributed by atoms with E-state index in [1.165, 1.54) is 24.3 Å². The fourth-order valence-corrected chi connectivity index (χ4v) is 3.32. The van der Waals surface area contributed by atoms with Gasteiger partial charge in [-0.2, -0.15) is 0 Å². The molecule has 0 unspecified atom stereocenters. The Hall–Kier alpha value is -1.65. The van der Waals surface area contributed by atoms with Gasteiger partial charge in [-0.1, -0.05) is 12.1 Å². The molecule has 10 heteroatoms. The summed E-state index contributed by atoms with van der Waals surface area (Å²) in [5.74, 6) is -1.70. The third kappa shape index (κ3) is 7.63. The van der Waals surface area contributed by atoms with E-state index in [1.54, 1.807) is 0 Å². The molecule has 0 amide bonds. The molecule has 1 aromatic carbocycles. The summed E-state index contributed by atoms with van der Waals surface area (Å²) >= 11 is 0. The van der Waals surface area contributed by atoms with Crippen LogP contribution in [0.1, 0.15) is 18.4 Å². The van der Waals surface area contributed by atoms with Crippen LogP contribution in [0.5, 0.6) is 0 Å². The molecule has 0 aromatic heterocycles. The van der Waals surface area contributed by atoms with E-state index in [2.05, 4.69) is 4.72 Å². The van der Waals surface area contributed by atoms with Crippen LogP contribution in [-0.4, -0.2) is 33.7 Å². The summed E-state index contributed by atoms with van der Waals surface area (Å²) in [6.45, 7) is 0. The van der Waals surface area contributed by atoms with E-state index in [-0.39, 0.29) is 30.0 Å². The van der Waals surface area contributed by atoms with Crippen LogP contribution in [0.25, 0.3) is 0 Å². The number of carboxylic acids is 1. The third-order valence-corrected chi connectivity index (χ3v) is 4.51. The van der Waals surface area contributed by atoms with Gasteiger partial charge in [-0.05, 0) is 24.1 Å². The van der Waals surface area contributed by atoms with Crippen molar-refractivity contribution >= 4 is 31.7 Å². The molecule has 0 radical (unpaired) electrons. The molecular formula is C11H16N2O6S2. The van der Waals surface area contributed by atoms with Crippen molar-refractivity contribution in [2.45, 2.75) is 18.6 Å². The van der Waals surface area contributed by atoms with Crippen LogP contribution in [0.3, 0.4) is 0 Å². The lowest BCUT2D eigenvalue weighted by Crippen LogP contribution is -2.17. The highest BCUT2D eigenvalue weighted by atomic mass is 32.2. The van der Waals surface area contributed by atoms with Crippen molar-refractivity contribution in [3.05, 3.63) is 29.8 Å². The topological polar surface area (TPSA) is 144 Å². The number of nitrogens with one attached hydrogen (secondary N) is 1. The Bertz CT molecular complexity index is 695. The van der Waals surface area contributed by atoms with Gasteiger partial charge < -0.3 is 5.11 Å². The first-order valence-corrected chi connectivity index (χ1v) is 9.26. The van der Waals surface area contributed by atoms with E-state index in [0.717, 1.165) is 0 Å². The van der Waals surface area contributed by atoms with E-state index in [9.17, 15) is 21.6 Å². The van der Waals surface area contributed by atoms with Crippen LogP contribution >= 0.6 is 0 Å². The van der Waals surface area contributed by atoms with Crippen molar-refractivity contribution in [3.63, 3.8) is 0 Å². The first kappa shape index (κ1) is 17.4. The molecule has 0 aliphatic rings. The minimum absolute atomic E-state index is 0.00810. The van der Waals surface area contributed by atoms with Crippen molar-refractivity contribution in [2.75, 3.05) is 10.5 Å². The van der Waals surface area contributed by atoms with Crippen LogP contribution in [-0.2, 0) is 30.6 Å².